The van der Waals surface area contributed by atoms with E-state index in [2.05, 4.69) is 0 Å². The summed E-state index contributed by atoms with van der Waals surface area (Å²) >= 11 is 5.87. The van der Waals surface area contributed by atoms with Crippen molar-refractivity contribution in [1.82, 2.24) is 4.31 Å². The zero-order valence-corrected chi connectivity index (χ0v) is 12.8. The Kier molecular flexibility index (Phi) is 4.56. The predicted molar refractivity (Wildman–Crippen MR) is 77.6 cm³/mol. The van der Waals surface area contributed by atoms with E-state index in [1.54, 1.807) is 0 Å². The Bertz CT molecular complexity index is 607. The minimum absolute atomic E-state index is 0.116. The summed E-state index contributed by atoms with van der Waals surface area (Å²) < 4.78 is 39.9. The number of rotatable bonds is 3. The quantitative estimate of drug-likeness (QED) is 0.871. The Morgan fingerprint density at radius 2 is 2.20 bits per heavy atom. The summed E-state index contributed by atoms with van der Waals surface area (Å²) in [5, 5.41) is -0.129. The summed E-state index contributed by atoms with van der Waals surface area (Å²) in [4.78, 5) is -0.116. The van der Waals surface area contributed by atoms with Crippen molar-refractivity contribution in [1.29, 1.82) is 0 Å². The lowest BCUT2D eigenvalue weighted by molar-refractivity contribution is 0.261. The zero-order chi connectivity index (χ0) is 14.9. The van der Waals surface area contributed by atoms with Gasteiger partial charge in [0.05, 0.1) is 10.7 Å². The van der Waals surface area contributed by atoms with E-state index in [9.17, 15) is 12.8 Å². The van der Waals surface area contributed by atoms with Gasteiger partial charge in [-0.1, -0.05) is 24.9 Å². The molecule has 1 unspecified atom stereocenters. The molecule has 0 spiro atoms. The number of sulfonamides is 1. The molecule has 2 rings (SSSR count). The van der Waals surface area contributed by atoms with Crippen molar-refractivity contribution in [3.05, 3.63) is 23.0 Å². The maximum atomic E-state index is 13.3. The van der Waals surface area contributed by atoms with Crippen molar-refractivity contribution < 1.29 is 12.8 Å². The first-order chi connectivity index (χ1) is 9.36. The minimum atomic E-state index is -3.72. The average molecular weight is 321 g/mol. The van der Waals surface area contributed by atoms with Gasteiger partial charge >= 0.3 is 0 Å². The second-order valence-corrected chi connectivity index (χ2v) is 7.40. The Labute approximate surface area is 123 Å². The van der Waals surface area contributed by atoms with Gasteiger partial charge < -0.3 is 5.73 Å². The van der Waals surface area contributed by atoms with Crippen LogP contribution >= 0.6 is 11.6 Å². The standard InChI is InChI=1S/C13H18ClFN2O2S/c1-2-9-4-3-5-17(8-9)20(18,19)13-7-12(16)11(15)6-10(13)14/h6-7,9H,2-5,8,16H2,1H3. The lowest BCUT2D eigenvalue weighted by Crippen LogP contribution is -2.39. The molecule has 1 aliphatic rings. The third kappa shape index (κ3) is 2.92. The summed E-state index contributed by atoms with van der Waals surface area (Å²) in [6, 6.07) is 2.05. The van der Waals surface area contributed by atoms with Gasteiger partial charge in [-0.3, -0.25) is 0 Å². The van der Waals surface area contributed by atoms with Gasteiger partial charge in [-0.15, -0.1) is 0 Å². The molecule has 1 heterocycles. The molecule has 0 bridgehead atoms. The molecule has 1 atom stereocenters. The molecule has 0 radical (unpaired) electrons. The van der Waals surface area contributed by atoms with Gasteiger partial charge in [0.15, 0.2) is 0 Å². The zero-order valence-electron chi connectivity index (χ0n) is 11.3. The van der Waals surface area contributed by atoms with Crippen LogP contribution < -0.4 is 5.73 Å². The summed E-state index contributed by atoms with van der Waals surface area (Å²) in [6.07, 6.45) is 2.79. The van der Waals surface area contributed by atoms with Crippen LogP contribution in [0.4, 0.5) is 10.1 Å². The fourth-order valence-corrected chi connectivity index (χ4v) is 4.54. The van der Waals surface area contributed by atoms with E-state index in [-0.39, 0.29) is 15.6 Å². The third-order valence-corrected chi connectivity index (χ3v) is 6.06. The first-order valence-electron chi connectivity index (χ1n) is 6.61. The number of nitrogen functional groups attached to an aromatic ring is 1. The summed E-state index contributed by atoms with van der Waals surface area (Å²) in [5.41, 5.74) is 5.24. The van der Waals surface area contributed by atoms with Crippen LogP contribution in [0, 0.1) is 11.7 Å². The maximum Gasteiger partial charge on any atom is 0.244 e. The highest BCUT2D eigenvalue weighted by Crippen LogP contribution is 2.31. The van der Waals surface area contributed by atoms with Crippen molar-refractivity contribution in [3.63, 3.8) is 0 Å². The number of anilines is 1. The van der Waals surface area contributed by atoms with Crippen molar-refractivity contribution >= 4 is 27.3 Å². The lowest BCUT2D eigenvalue weighted by atomic mass is 9.97. The van der Waals surface area contributed by atoms with Crippen LogP contribution in [0.15, 0.2) is 17.0 Å². The molecular formula is C13H18ClFN2O2S. The van der Waals surface area contributed by atoms with E-state index in [1.807, 2.05) is 6.92 Å². The molecule has 0 saturated carbocycles. The number of hydrogen-bond donors (Lipinski definition) is 1. The SMILES string of the molecule is CCC1CCCN(S(=O)(=O)c2cc(N)c(F)cc2Cl)C1. The number of piperidine rings is 1. The fourth-order valence-electron chi connectivity index (χ4n) is 2.46. The molecule has 1 fully saturated rings. The van der Waals surface area contributed by atoms with Crippen LogP contribution in [0.3, 0.4) is 0 Å². The molecule has 1 saturated heterocycles. The normalized spacial score (nSPS) is 21.1. The highest BCUT2D eigenvalue weighted by atomic mass is 35.5. The molecule has 1 aromatic rings. The fraction of sp³-hybridized carbons (Fsp3) is 0.538. The first-order valence-corrected chi connectivity index (χ1v) is 8.42. The molecule has 112 valence electrons. The number of nitrogens with two attached hydrogens (primary N) is 1. The van der Waals surface area contributed by atoms with E-state index in [1.165, 1.54) is 4.31 Å². The summed E-state index contributed by atoms with van der Waals surface area (Å²) in [5.74, 6) is -0.353. The summed E-state index contributed by atoms with van der Waals surface area (Å²) in [6.45, 7) is 2.99. The Hall–Kier alpha value is -0.850. The van der Waals surface area contributed by atoms with Crippen LogP contribution in [-0.2, 0) is 10.0 Å². The molecular weight excluding hydrogens is 303 g/mol. The van der Waals surface area contributed by atoms with Gasteiger partial charge in [0.25, 0.3) is 0 Å². The van der Waals surface area contributed by atoms with Gasteiger partial charge in [0, 0.05) is 13.1 Å². The van der Waals surface area contributed by atoms with E-state index in [0.29, 0.717) is 19.0 Å². The second-order valence-electron chi connectivity index (χ2n) is 5.08. The molecule has 4 nitrogen and oxygen atoms in total. The van der Waals surface area contributed by atoms with E-state index >= 15 is 0 Å². The summed E-state index contributed by atoms with van der Waals surface area (Å²) in [7, 11) is -3.72. The van der Waals surface area contributed by atoms with E-state index in [0.717, 1.165) is 31.4 Å². The van der Waals surface area contributed by atoms with Crippen LogP contribution in [0.25, 0.3) is 0 Å². The van der Waals surface area contributed by atoms with Crippen molar-refractivity contribution in [2.45, 2.75) is 31.1 Å². The molecule has 7 heteroatoms. The molecule has 0 aromatic heterocycles. The van der Waals surface area contributed by atoms with Gasteiger partial charge in [-0.2, -0.15) is 4.31 Å². The number of hydrogen-bond acceptors (Lipinski definition) is 3. The maximum absolute atomic E-state index is 13.3. The average Bonchev–Trinajstić information content (AvgIpc) is 2.42. The van der Waals surface area contributed by atoms with Crippen molar-refractivity contribution in [2.24, 2.45) is 5.92 Å². The van der Waals surface area contributed by atoms with Gasteiger partial charge in [0.1, 0.15) is 10.7 Å². The van der Waals surface area contributed by atoms with E-state index < -0.39 is 15.8 Å². The molecule has 20 heavy (non-hydrogen) atoms. The highest BCUT2D eigenvalue weighted by Gasteiger charge is 2.31. The highest BCUT2D eigenvalue weighted by molar-refractivity contribution is 7.89. The number of halogens is 2. The topological polar surface area (TPSA) is 63.4 Å². The van der Waals surface area contributed by atoms with Gasteiger partial charge in [-0.25, -0.2) is 12.8 Å². The number of nitrogens with zero attached hydrogens (tertiary/aromatic N) is 1. The van der Waals surface area contributed by atoms with Gasteiger partial charge in [0.2, 0.25) is 10.0 Å². The lowest BCUT2D eigenvalue weighted by Gasteiger charge is -2.31. The van der Waals surface area contributed by atoms with Crippen molar-refractivity contribution in [2.75, 3.05) is 18.8 Å². The van der Waals surface area contributed by atoms with Gasteiger partial charge in [-0.05, 0) is 30.9 Å². The molecule has 0 aliphatic carbocycles. The second kappa shape index (κ2) is 5.87. The van der Waals surface area contributed by atoms with Crippen molar-refractivity contribution in [3.8, 4) is 0 Å². The van der Waals surface area contributed by atoms with E-state index in [4.69, 9.17) is 17.3 Å². The Balaban J connectivity index is 2.37. The van der Waals surface area contributed by atoms with Crippen LogP contribution in [0.1, 0.15) is 26.2 Å². The van der Waals surface area contributed by atoms with Crippen LogP contribution in [0.5, 0.6) is 0 Å². The molecule has 2 N–H and O–H groups in total. The molecule has 0 amide bonds. The molecule has 1 aromatic carbocycles. The Morgan fingerprint density at radius 1 is 1.50 bits per heavy atom. The Morgan fingerprint density at radius 3 is 2.85 bits per heavy atom. The largest absolute Gasteiger partial charge is 0.396 e. The third-order valence-electron chi connectivity index (χ3n) is 3.73. The number of benzene rings is 1. The first kappa shape index (κ1) is 15.5. The predicted octanol–water partition coefficient (Wildman–Crippen LogP) is 2.87. The van der Waals surface area contributed by atoms with Crippen LogP contribution in [-0.4, -0.2) is 25.8 Å². The molecule has 1 aliphatic heterocycles. The monoisotopic (exact) mass is 320 g/mol. The smallest absolute Gasteiger partial charge is 0.244 e. The van der Waals surface area contributed by atoms with Crippen LogP contribution in [0.2, 0.25) is 5.02 Å². The minimum Gasteiger partial charge on any atom is -0.396 e.